The first-order valence-corrected chi connectivity index (χ1v) is 8.80. The number of fused-ring (bicyclic) bond motifs is 1. The highest BCUT2D eigenvalue weighted by atomic mass is 32.1. The summed E-state index contributed by atoms with van der Waals surface area (Å²) in [7, 11) is 1.71. The second-order valence-electron chi connectivity index (χ2n) is 5.52. The zero-order valence-electron chi connectivity index (χ0n) is 14.1. The molecule has 0 bridgehead atoms. The Morgan fingerprint density at radius 1 is 1.44 bits per heavy atom. The van der Waals surface area contributed by atoms with Crippen molar-refractivity contribution in [1.29, 1.82) is 0 Å². The monoisotopic (exact) mass is 361 g/mol. The van der Waals surface area contributed by atoms with Gasteiger partial charge in [0.15, 0.2) is 10.9 Å². The van der Waals surface area contributed by atoms with E-state index in [9.17, 15) is 4.39 Å². The Balaban J connectivity index is 1.46. The average molecular weight is 361 g/mol. The molecule has 0 radical (unpaired) electrons. The minimum atomic E-state index is -0.310. The Morgan fingerprint density at radius 3 is 3.08 bits per heavy atom. The molecule has 1 unspecified atom stereocenters. The van der Waals surface area contributed by atoms with Gasteiger partial charge in [-0.05, 0) is 19.1 Å². The fourth-order valence-electron chi connectivity index (χ4n) is 2.31. The SMILES string of the molecule is CN=C(NCc1cn2ccsc2n1)NCC(C)Oc1cccc(F)c1. The molecule has 0 fully saturated rings. The summed E-state index contributed by atoms with van der Waals surface area (Å²) in [6.45, 7) is 3.02. The van der Waals surface area contributed by atoms with E-state index in [1.165, 1.54) is 12.1 Å². The molecule has 3 rings (SSSR count). The number of rotatable bonds is 6. The summed E-state index contributed by atoms with van der Waals surface area (Å²) in [6, 6.07) is 6.12. The molecule has 6 nitrogen and oxygen atoms in total. The number of imidazole rings is 1. The van der Waals surface area contributed by atoms with Crippen LogP contribution >= 0.6 is 11.3 Å². The minimum absolute atomic E-state index is 0.140. The second kappa shape index (κ2) is 7.98. The number of thiazole rings is 1. The summed E-state index contributed by atoms with van der Waals surface area (Å²) < 4.78 is 20.8. The number of hydrogen-bond acceptors (Lipinski definition) is 4. The Hall–Kier alpha value is -2.61. The Labute approximate surface area is 149 Å². The van der Waals surface area contributed by atoms with Gasteiger partial charge >= 0.3 is 0 Å². The predicted molar refractivity (Wildman–Crippen MR) is 97.8 cm³/mol. The van der Waals surface area contributed by atoms with Gasteiger partial charge in [0.2, 0.25) is 0 Å². The summed E-state index contributed by atoms with van der Waals surface area (Å²) in [6.07, 6.45) is 3.83. The van der Waals surface area contributed by atoms with Crippen LogP contribution in [0.3, 0.4) is 0 Å². The number of halogens is 1. The maximum Gasteiger partial charge on any atom is 0.193 e. The third-order valence-corrected chi connectivity index (χ3v) is 4.26. The zero-order chi connectivity index (χ0) is 17.6. The fraction of sp³-hybridized carbons (Fsp3) is 0.294. The van der Waals surface area contributed by atoms with Crippen molar-refractivity contribution in [3.63, 3.8) is 0 Å². The second-order valence-corrected chi connectivity index (χ2v) is 6.39. The molecule has 132 valence electrons. The highest BCUT2D eigenvalue weighted by Crippen LogP contribution is 2.13. The predicted octanol–water partition coefficient (Wildman–Crippen LogP) is 2.67. The van der Waals surface area contributed by atoms with Crippen molar-refractivity contribution in [3.8, 4) is 5.75 Å². The van der Waals surface area contributed by atoms with Crippen molar-refractivity contribution in [2.75, 3.05) is 13.6 Å². The number of hydrogen-bond donors (Lipinski definition) is 2. The molecule has 0 aliphatic heterocycles. The lowest BCUT2D eigenvalue weighted by atomic mass is 10.3. The number of ether oxygens (including phenoxy) is 1. The van der Waals surface area contributed by atoms with Crippen molar-refractivity contribution in [2.45, 2.75) is 19.6 Å². The van der Waals surface area contributed by atoms with Crippen LogP contribution in [0.2, 0.25) is 0 Å². The van der Waals surface area contributed by atoms with Gasteiger partial charge < -0.3 is 15.4 Å². The van der Waals surface area contributed by atoms with Crippen LogP contribution in [0.15, 0.2) is 47.0 Å². The summed E-state index contributed by atoms with van der Waals surface area (Å²) in [5, 5.41) is 8.41. The highest BCUT2D eigenvalue weighted by Gasteiger charge is 2.08. The molecule has 2 N–H and O–H groups in total. The van der Waals surface area contributed by atoms with E-state index in [-0.39, 0.29) is 11.9 Å². The van der Waals surface area contributed by atoms with Crippen LogP contribution in [0.5, 0.6) is 5.75 Å². The van der Waals surface area contributed by atoms with Gasteiger partial charge in [0.1, 0.15) is 17.7 Å². The van der Waals surface area contributed by atoms with Gasteiger partial charge in [-0.2, -0.15) is 0 Å². The Morgan fingerprint density at radius 2 is 2.32 bits per heavy atom. The van der Waals surface area contributed by atoms with Gasteiger partial charge in [0, 0.05) is 30.9 Å². The minimum Gasteiger partial charge on any atom is -0.489 e. The summed E-state index contributed by atoms with van der Waals surface area (Å²) in [4.78, 5) is 9.67. The molecule has 2 aromatic heterocycles. The fourth-order valence-corrected chi connectivity index (χ4v) is 3.03. The van der Waals surface area contributed by atoms with Crippen molar-refractivity contribution in [3.05, 3.63) is 53.6 Å². The van der Waals surface area contributed by atoms with Crippen LogP contribution < -0.4 is 15.4 Å². The molecular weight excluding hydrogens is 341 g/mol. The molecule has 3 aromatic rings. The lowest BCUT2D eigenvalue weighted by Gasteiger charge is -2.17. The van der Waals surface area contributed by atoms with E-state index in [0.717, 1.165) is 10.7 Å². The number of benzene rings is 1. The molecule has 1 aromatic carbocycles. The average Bonchev–Trinajstić information content (AvgIpc) is 3.16. The maximum absolute atomic E-state index is 13.2. The normalized spacial score (nSPS) is 13.0. The molecule has 0 saturated carbocycles. The third kappa shape index (κ3) is 4.69. The summed E-state index contributed by atoms with van der Waals surface area (Å²) in [5.41, 5.74) is 0.943. The molecule has 2 heterocycles. The zero-order valence-corrected chi connectivity index (χ0v) is 14.9. The number of nitrogens with zero attached hydrogens (tertiary/aromatic N) is 3. The van der Waals surface area contributed by atoms with E-state index in [1.807, 2.05) is 29.1 Å². The molecule has 1 atom stereocenters. The number of guanidine groups is 1. The van der Waals surface area contributed by atoms with Crippen molar-refractivity contribution in [2.24, 2.45) is 4.99 Å². The van der Waals surface area contributed by atoms with Crippen LogP contribution in [0.25, 0.3) is 4.96 Å². The largest absolute Gasteiger partial charge is 0.489 e. The van der Waals surface area contributed by atoms with Crippen LogP contribution in [-0.4, -0.2) is 35.0 Å². The molecule has 8 heteroatoms. The lowest BCUT2D eigenvalue weighted by Crippen LogP contribution is -2.41. The van der Waals surface area contributed by atoms with E-state index in [1.54, 1.807) is 30.5 Å². The Bertz CT molecular complexity index is 831. The maximum atomic E-state index is 13.2. The number of aromatic nitrogens is 2. The Kier molecular flexibility index (Phi) is 5.49. The van der Waals surface area contributed by atoms with Gasteiger partial charge in [0.05, 0.1) is 18.8 Å². The van der Waals surface area contributed by atoms with Crippen molar-refractivity contribution >= 4 is 22.3 Å². The van der Waals surface area contributed by atoms with E-state index in [0.29, 0.717) is 24.8 Å². The van der Waals surface area contributed by atoms with Gasteiger partial charge in [-0.15, -0.1) is 11.3 Å². The highest BCUT2D eigenvalue weighted by molar-refractivity contribution is 7.15. The van der Waals surface area contributed by atoms with E-state index < -0.39 is 0 Å². The van der Waals surface area contributed by atoms with Gasteiger partial charge in [-0.1, -0.05) is 6.07 Å². The topological polar surface area (TPSA) is 63.0 Å². The summed E-state index contributed by atoms with van der Waals surface area (Å²) in [5.74, 6) is 0.858. The smallest absolute Gasteiger partial charge is 0.193 e. The number of aliphatic imine (C=N–C) groups is 1. The molecule has 25 heavy (non-hydrogen) atoms. The van der Waals surface area contributed by atoms with Crippen LogP contribution in [0.4, 0.5) is 4.39 Å². The van der Waals surface area contributed by atoms with E-state index >= 15 is 0 Å². The van der Waals surface area contributed by atoms with Crippen LogP contribution in [0.1, 0.15) is 12.6 Å². The summed E-state index contributed by atoms with van der Waals surface area (Å²) >= 11 is 1.60. The molecule has 0 aliphatic rings. The first-order chi connectivity index (χ1) is 12.1. The lowest BCUT2D eigenvalue weighted by molar-refractivity contribution is 0.223. The van der Waals surface area contributed by atoms with Crippen LogP contribution in [0, 0.1) is 5.82 Å². The first-order valence-electron chi connectivity index (χ1n) is 7.92. The first kappa shape index (κ1) is 17.2. The molecule has 0 saturated heterocycles. The molecular formula is C17H20FN5OS. The van der Waals surface area contributed by atoms with Gasteiger partial charge in [-0.3, -0.25) is 9.39 Å². The van der Waals surface area contributed by atoms with E-state index in [2.05, 4.69) is 20.6 Å². The van der Waals surface area contributed by atoms with E-state index in [4.69, 9.17) is 4.74 Å². The van der Waals surface area contributed by atoms with Gasteiger partial charge in [0.25, 0.3) is 0 Å². The number of nitrogens with one attached hydrogen (secondary N) is 2. The molecule has 0 aliphatic carbocycles. The quantitative estimate of drug-likeness (QED) is 0.523. The van der Waals surface area contributed by atoms with Gasteiger partial charge in [-0.25, -0.2) is 9.37 Å². The third-order valence-electron chi connectivity index (χ3n) is 3.49. The molecule has 0 spiro atoms. The van der Waals surface area contributed by atoms with Crippen LogP contribution in [-0.2, 0) is 6.54 Å². The standard InChI is InChI=1S/C17H20FN5OS/c1-12(24-15-5-3-4-13(18)8-15)9-20-16(19-2)21-10-14-11-23-6-7-25-17(23)22-14/h3-8,11-12H,9-10H2,1-2H3,(H2,19,20,21). The van der Waals surface area contributed by atoms with Crippen molar-refractivity contribution in [1.82, 2.24) is 20.0 Å². The molecule has 0 amide bonds. The van der Waals surface area contributed by atoms with Crippen molar-refractivity contribution < 1.29 is 9.13 Å².